The Morgan fingerprint density at radius 3 is 2.78 bits per heavy atom. The van der Waals surface area contributed by atoms with Crippen LogP contribution in [-0.4, -0.2) is 35.1 Å². The minimum atomic E-state index is -0.651. The molecule has 1 saturated heterocycles. The summed E-state index contributed by atoms with van der Waals surface area (Å²) in [5.74, 6) is -0.586. The molecule has 94 valence electrons. The molecule has 2 unspecified atom stereocenters. The van der Waals surface area contributed by atoms with Gasteiger partial charge in [-0.25, -0.2) is 0 Å². The van der Waals surface area contributed by atoms with Gasteiger partial charge in [-0.2, -0.15) is 0 Å². The lowest BCUT2D eigenvalue weighted by Gasteiger charge is -2.30. The van der Waals surface area contributed by atoms with Crippen molar-refractivity contribution in [3.8, 4) is 0 Å². The van der Waals surface area contributed by atoms with Gasteiger partial charge in [-0.1, -0.05) is 0 Å². The first kappa shape index (κ1) is 10.9. The number of primary amides is 2. The molecule has 1 aromatic heterocycles. The van der Waals surface area contributed by atoms with Crippen LogP contribution in [0.2, 0.25) is 0 Å². The molecule has 3 rings (SSSR count). The number of nitrogens with two attached hydrogens (primary N) is 2. The molecule has 2 aliphatic rings. The summed E-state index contributed by atoms with van der Waals surface area (Å²) in [5, 5.41) is 7.80. The van der Waals surface area contributed by atoms with Crippen LogP contribution < -0.4 is 16.4 Å². The molecule has 0 aliphatic carbocycles. The first-order chi connectivity index (χ1) is 8.58. The summed E-state index contributed by atoms with van der Waals surface area (Å²) in [6, 6.07) is 1.55. The Morgan fingerprint density at radius 1 is 1.33 bits per heavy atom. The summed E-state index contributed by atoms with van der Waals surface area (Å²) < 4.78 is 0. The van der Waals surface area contributed by atoms with E-state index in [-0.39, 0.29) is 17.5 Å². The van der Waals surface area contributed by atoms with Crippen molar-refractivity contribution in [3.05, 3.63) is 17.3 Å². The molecule has 0 aromatic carbocycles. The van der Waals surface area contributed by atoms with Gasteiger partial charge in [0.1, 0.15) is 0 Å². The van der Waals surface area contributed by atoms with E-state index in [1.165, 1.54) is 0 Å². The zero-order valence-electron chi connectivity index (χ0n) is 9.67. The van der Waals surface area contributed by atoms with Gasteiger partial charge in [0.15, 0.2) is 11.5 Å². The smallest absolute Gasteiger partial charge is 0.269 e. The highest BCUT2D eigenvalue weighted by atomic mass is 16.1. The van der Waals surface area contributed by atoms with Crippen molar-refractivity contribution in [2.24, 2.45) is 17.4 Å². The average Bonchev–Trinajstić information content (AvgIpc) is 2.73. The number of fused-ring (bicyclic) bond motifs is 4. The van der Waals surface area contributed by atoms with Crippen LogP contribution in [0.3, 0.4) is 0 Å². The molecular formula is C11H13N5O2. The summed E-state index contributed by atoms with van der Waals surface area (Å²) in [6.45, 7) is 1.61. The van der Waals surface area contributed by atoms with Crippen molar-refractivity contribution in [1.29, 1.82) is 0 Å². The third-order valence-corrected chi connectivity index (χ3v) is 3.69. The Bertz CT molecular complexity index is 544. The molecule has 2 bridgehead atoms. The number of amides is 2. The van der Waals surface area contributed by atoms with Gasteiger partial charge in [-0.05, 0) is 18.4 Å². The molecule has 2 amide bonds. The summed E-state index contributed by atoms with van der Waals surface area (Å²) in [5.41, 5.74) is 11.4. The molecule has 0 radical (unpaired) electrons. The van der Waals surface area contributed by atoms with Gasteiger partial charge in [0.25, 0.3) is 5.91 Å². The Labute approximate surface area is 103 Å². The molecule has 2 aliphatic heterocycles. The fraction of sp³-hybridized carbons (Fsp3) is 0.455. The highest BCUT2D eigenvalue weighted by Crippen LogP contribution is 2.42. The molecule has 2 atom stereocenters. The van der Waals surface area contributed by atoms with Gasteiger partial charge >= 0.3 is 0 Å². The van der Waals surface area contributed by atoms with E-state index in [2.05, 4.69) is 15.1 Å². The molecular weight excluding hydrogens is 234 g/mol. The maximum atomic E-state index is 11.6. The van der Waals surface area contributed by atoms with E-state index in [0.717, 1.165) is 19.5 Å². The van der Waals surface area contributed by atoms with E-state index in [1.54, 1.807) is 6.07 Å². The average molecular weight is 247 g/mol. The monoisotopic (exact) mass is 247 g/mol. The van der Waals surface area contributed by atoms with Crippen LogP contribution >= 0.6 is 0 Å². The van der Waals surface area contributed by atoms with E-state index in [1.807, 2.05) is 0 Å². The van der Waals surface area contributed by atoms with E-state index in [0.29, 0.717) is 11.4 Å². The first-order valence-corrected chi connectivity index (χ1v) is 5.79. The molecule has 7 nitrogen and oxygen atoms in total. The largest absolute Gasteiger partial charge is 0.369 e. The van der Waals surface area contributed by atoms with Crippen molar-refractivity contribution in [3.63, 3.8) is 0 Å². The Balaban J connectivity index is 2.15. The molecule has 0 saturated carbocycles. The van der Waals surface area contributed by atoms with Gasteiger partial charge in [-0.3, -0.25) is 9.59 Å². The molecule has 7 heteroatoms. The number of anilines is 1. The van der Waals surface area contributed by atoms with E-state index in [9.17, 15) is 9.59 Å². The van der Waals surface area contributed by atoms with Crippen LogP contribution in [0.1, 0.15) is 28.4 Å². The lowest BCUT2D eigenvalue weighted by atomic mass is 9.83. The van der Waals surface area contributed by atoms with E-state index >= 15 is 0 Å². The predicted octanol–water partition coefficient (Wildman–Crippen LogP) is -1.02. The van der Waals surface area contributed by atoms with Crippen LogP contribution in [0.15, 0.2) is 6.07 Å². The first-order valence-electron chi connectivity index (χ1n) is 5.79. The minimum absolute atomic E-state index is 0.0718. The summed E-state index contributed by atoms with van der Waals surface area (Å²) in [4.78, 5) is 24.8. The normalized spacial score (nSPS) is 24.8. The zero-order valence-corrected chi connectivity index (χ0v) is 9.67. The maximum absolute atomic E-state index is 11.6. The van der Waals surface area contributed by atoms with Crippen LogP contribution in [0, 0.1) is 5.92 Å². The van der Waals surface area contributed by atoms with Gasteiger partial charge in [0, 0.05) is 18.7 Å². The van der Waals surface area contributed by atoms with Gasteiger partial charge in [-0.15, -0.1) is 10.2 Å². The number of rotatable bonds is 2. The van der Waals surface area contributed by atoms with Crippen LogP contribution in [0.4, 0.5) is 5.82 Å². The van der Waals surface area contributed by atoms with Crippen molar-refractivity contribution in [1.82, 2.24) is 10.2 Å². The number of aromatic nitrogens is 2. The summed E-state index contributed by atoms with van der Waals surface area (Å²) in [7, 11) is 0. The summed E-state index contributed by atoms with van der Waals surface area (Å²) >= 11 is 0. The molecule has 1 aromatic rings. The van der Waals surface area contributed by atoms with E-state index < -0.39 is 11.8 Å². The third kappa shape index (κ3) is 1.43. The third-order valence-electron chi connectivity index (χ3n) is 3.69. The number of nitrogens with zero attached hydrogens (tertiary/aromatic N) is 3. The highest BCUT2D eigenvalue weighted by molar-refractivity contribution is 5.92. The van der Waals surface area contributed by atoms with Crippen molar-refractivity contribution < 1.29 is 9.59 Å². The lowest BCUT2D eigenvalue weighted by Crippen LogP contribution is -2.36. The molecule has 3 heterocycles. The second kappa shape index (κ2) is 3.66. The predicted molar refractivity (Wildman–Crippen MR) is 62.8 cm³/mol. The molecule has 18 heavy (non-hydrogen) atoms. The minimum Gasteiger partial charge on any atom is -0.369 e. The van der Waals surface area contributed by atoms with Gasteiger partial charge < -0.3 is 16.4 Å². The number of carbonyl (C=O) groups is 2. The van der Waals surface area contributed by atoms with E-state index in [4.69, 9.17) is 11.5 Å². The second-order valence-electron chi connectivity index (χ2n) is 4.75. The number of hydrogen-bond donors (Lipinski definition) is 2. The Morgan fingerprint density at radius 2 is 2.11 bits per heavy atom. The van der Waals surface area contributed by atoms with Crippen molar-refractivity contribution in [2.75, 3.05) is 18.0 Å². The quantitative estimate of drug-likeness (QED) is 0.694. The van der Waals surface area contributed by atoms with Crippen LogP contribution in [-0.2, 0) is 4.79 Å². The topological polar surface area (TPSA) is 115 Å². The summed E-state index contributed by atoms with van der Waals surface area (Å²) in [6.07, 6.45) is 0.899. The van der Waals surface area contributed by atoms with Crippen molar-refractivity contribution >= 4 is 17.6 Å². The lowest BCUT2D eigenvalue weighted by molar-refractivity contribution is -0.120. The van der Waals surface area contributed by atoms with Gasteiger partial charge in [0.05, 0.1) is 5.92 Å². The fourth-order valence-electron chi connectivity index (χ4n) is 2.89. The molecule has 1 fully saturated rings. The molecule has 4 N–H and O–H groups in total. The standard InChI is InChI=1S/C11H13N5O2/c12-9(17)7-3-6-8(10(13)18)5-1-2-16(4-5)11(6)15-14-7/h3,5,8H,1-2,4H2,(H2,12,17)(H2,13,18). The number of carbonyl (C=O) groups excluding carboxylic acids is 2. The number of hydrogen-bond acceptors (Lipinski definition) is 5. The Kier molecular flexibility index (Phi) is 2.22. The van der Waals surface area contributed by atoms with Crippen LogP contribution in [0.5, 0.6) is 0 Å². The second-order valence-corrected chi connectivity index (χ2v) is 4.75. The van der Waals surface area contributed by atoms with Crippen molar-refractivity contribution in [2.45, 2.75) is 12.3 Å². The highest BCUT2D eigenvalue weighted by Gasteiger charge is 2.42. The Hall–Kier alpha value is -2.18. The molecule has 0 spiro atoms. The van der Waals surface area contributed by atoms with Crippen LogP contribution in [0.25, 0.3) is 0 Å². The maximum Gasteiger partial charge on any atom is 0.269 e. The van der Waals surface area contributed by atoms with Gasteiger partial charge in [0.2, 0.25) is 5.91 Å². The zero-order chi connectivity index (χ0) is 12.9. The SMILES string of the molecule is NC(=O)c1cc2c(nn1)N1CCC(C1)C2C(N)=O. The fourth-order valence-corrected chi connectivity index (χ4v) is 2.89.